The fourth-order valence-corrected chi connectivity index (χ4v) is 2.64. The molecule has 1 aromatic heterocycles. The number of anilines is 1. The van der Waals surface area contributed by atoms with Crippen LogP contribution in [-0.2, 0) is 6.54 Å². The Morgan fingerprint density at radius 1 is 1.14 bits per heavy atom. The highest BCUT2D eigenvalue weighted by Gasteiger charge is 2.21. The van der Waals surface area contributed by atoms with Gasteiger partial charge in [-0.1, -0.05) is 22.9 Å². The van der Waals surface area contributed by atoms with Crippen LogP contribution in [0.5, 0.6) is 5.75 Å². The van der Waals surface area contributed by atoms with E-state index in [0.717, 1.165) is 22.6 Å². The number of methoxy groups -OCH3 is 1. The van der Waals surface area contributed by atoms with Crippen LogP contribution in [0.25, 0.3) is 11.4 Å². The summed E-state index contributed by atoms with van der Waals surface area (Å²) in [7, 11) is 1.61. The molecule has 2 aromatic carbocycles. The van der Waals surface area contributed by atoms with Crippen molar-refractivity contribution >= 4 is 11.7 Å². The first kappa shape index (κ1) is 19.4. The van der Waals surface area contributed by atoms with E-state index < -0.39 is 0 Å². The van der Waals surface area contributed by atoms with E-state index >= 15 is 0 Å². The molecule has 7 nitrogen and oxygen atoms in total. The first-order chi connectivity index (χ1) is 13.5. The molecule has 0 bridgehead atoms. The molecule has 0 aliphatic carbocycles. The van der Waals surface area contributed by atoms with E-state index in [1.165, 1.54) is 0 Å². The lowest BCUT2D eigenvalue weighted by Crippen LogP contribution is -2.39. The highest BCUT2D eigenvalue weighted by molar-refractivity contribution is 5.89. The van der Waals surface area contributed by atoms with E-state index in [1.54, 1.807) is 12.0 Å². The van der Waals surface area contributed by atoms with E-state index in [4.69, 9.17) is 9.26 Å². The molecule has 0 unspecified atom stereocenters. The Bertz CT molecular complexity index is 918. The molecule has 0 atom stereocenters. The van der Waals surface area contributed by atoms with Crippen LogP contribution in [0.1, 0.15) is 25.3 Å². The SMILES string of the molecule is COc1ccc(-c2noc(CN(C(=O)Nc3ccc(C)cc3)C(C)C)n2)cc1. The van der Waals surface area contributed by atoms with E-state index in [1.807, 2.05) is 69.3 Å². The minimum absolute atomic E-state index is 0.0400. The Balaban J connectivity index is 1.71. The van der Waals surface area contributed by atoms with Crippen molar-refractivity contribution in [2.45, 2.75) is 33.4 Å². The summed E-state index contributed by atoms with van der Waals surface area (Å²) in [6.45, 7) is 6.10. The molecule has 146 valence electrons. The number of aryl methyl sites for hydroxylation is 1. The summed E-state index contributed by atoms with van der Waals surface area (Å²) in [5, 5.41) is 6.93. The minimum Gasteiger partial charge on any atom is -0.497 e. The molecular formula is C21H24N4O3. The third-order valence-electron chi connectivity index (χ3n) is 4.31. The smallest absolute Gasteiger partial charge is 0.322 e. The number of urea groups is 1. The Hall–Kier alpha value is -3.35. The van der Waals surface area contributed by atoms with Crippen LogP contribution in [0.4, 0.5) is 10.5 Å². The van der Waals surface area contributed by atoms with Gasteiger partial charge in [-0.2, -0.15) is 4.98 Å². The van der Waals surface area contributed by atoms with Gasteiger partial charge in [-0.3, -0.25) is 0 Å². The fraction of sp³-hybridized carbons (Fsp3) is 0.286. The third kappa shape index (κ3) is 4.68. The largest absolute Gasteiger partial charge is 0.497 e. The van der Waals surface area contributed by atoms with E-state index in [2.05, 4.69) is 15.5 Å². The quantitative estimate of drug-likeness (QED) is 0.681. The maximum Gasteiger partial charge on any atom is 0.322 e. The maximum absolute atomic E-state index is 12.7. The van der Waals surface area contributed by atoms with Crippen molar-refractivity contribution in [3.63, 3.8) is 0 Å². The second kappa shape index (κ2) is 8.56. The van der Waals surface area contributed by atoms with Gasteiger partial charge in [0.2, 0.25) is 11.7 Å². The van der Waals surface area contributed by atoms with Crippen LogP contribution in [0.15, 0.2) is 53.1 Å². The van der Waals surface area contributed by atoms with Gasteiger partial charge in [0.15, 0.2) is 0 Å². The zero-order chi connectivity index (χ0) is 20.1. The number of hydrogen-bond donors (Lipinski definition) is 1. The van der Waals surface area contributed by atoms with Gasteiger partial charge < -0.3 is 19.5 Å². The molecule has 0 saturated carbocycles. The number of ether oxygens (including phenoxy) is 1. The van der Waals surface area contributed by atoms with Crippen molar-refractivity contribution in [1.82, 2.24) is 15.0 Å². The maximum atomic E-state index is 12.7. The monoisotopic (exact) mass is 380 g/mol. The zero-order valence-electron chi connectivity index (χ0n) is 16.5. The lowest BCUT2D eigenvalue weighted by molar-refractivity contribution is 0.182. The van der Waals surface area contributed by atoms with E-state index in [0.29, 0.717) is 11.7 Å². The molecule has 3 aromatic rings. The van der Waals surface area contributed by atoms with Crippen LogP contribution in [0.2, 0.25) is 0 Å². The van der Waals surface area contributed by atoms with Crippen molar-refractivity contribution in [1.29, 1.82) is 0 Å². The number of nitrogens with one attached hydrogen (secondary N) is 1. The van der Waals surface area contributed by atoms with Gasteiger partial charge in [-0.25, -0.2) is 4.79 Å². The highest BCUT2D eigenvalue weighted by Crippen LogP contribution is 2.20. The van der Waals surface area contributed by atoms with Gasteiger partial charge >= 0.3 is 6.03 Å². The molecule has 0 aliphatic rings. The molecule has 3 rings (SSSR count). The Morgan fingerprint density at radius 3 is 2.43 bits per heavy atom. The summed E-state index contributed by atoms with van der Waals surface area (Å²) in [5.74, 6) is 1.60. The standard InChI is InChI=1S/C21H24N4O3/c1-14(2)25(21(26)22-17-9-5-15(3)6-10-17)13-19-23-20(24-28-19)16-7-11-18(27-4)12-8-16/h5-12,14H,13H2,1-4H3,(H,22,26). The van der Waals surface area contributed by atoms with Gasteiger partial charge in [0.1, 0.15) is 12.3 Å². The summed E-state index contributed by atoms with van der Waals surface area (Å²) < 4.78 is 10.5. The van der Waals surface area contributed by atoms with Crippen LogP contribution in [0.3, 0.4) is 0 Å². The predicted molar refractivity (Wildman–Crippen MR) is 107 cm³/mol. The average molecular weight is 380 g/mol. The number of benzene rings is 2. The van der Waals surface area contributed by atoms with Crippen LogP contribution in [-0.4, -0.2) is 34.2 Å². The summed E-state index contributed by atoms with van der Waals surface area (Å²) in [6, 6.07) is 14.8. The second-order valence-corrected chi connectivity index (χ2v) is 6.76. The fourth-order valence-electron chi connectivity index (χ4n) is 2.64. The highest BCUT2D eigenvalue weighted by atomic mass is 16.5. The van der Waals surface area contributed by atoms with Crippen LogP contribution < -0.4 is 10.1 Å². The molecule has 0 fully saturated rings. The van der Waals surface area contributed by atoms with Crippen molar-refractivity contribution in [2.24, 2.45) is 0 Å². The van der Waals surface area contributed by atoms with Crippen molar-refractivity contribution < 1.29 is 14.1 Å². The third-order valence-corrected chi connectivity index (χ3v) is 4.31. The van der Waals surface area contributed by atoms with Crippen molar-refractivity contribution in [3.8, 4) is 17.1 Å². The summed E-state index contributed by atoms with van der Waals surface area (Å²) >= 11 is 0. The molecule has 1 N–H and O–H groups in total. The Labute approximate surface area is 164 Å². The lowest BCUT2D eigenvalue weighted by Gasteiger charge is -2.25. The average Bonchev–Trinajstić information content (AvgIpc) is 3.16. The molecule has 2 amide bonds. The molecular weight excluding hydrogens is 356 g/mol. The summed E-state index contributed by atoms with van der Waals surface area (Å²) in [5.41, 5.74) is 2.69. The second-order valence-electron chi connectivity index (χ2n) is 6.76. The number of amides is 2. The number of carbonyl (C=O) groups excluding carboxylic acids is 1. The van der Waals surface area contributed by atoms with Crippen molar-refractivity contribution in [2.75, 3.05) is 12.4 Å². The lowest BCUT2D eigenvalue weighted by atomic mass is 10.2. The Morgan fingerprint density at radius 2 is 1.82 bits per heavy atom. The molecule has 0 saturated heterocycles. The molecule has 0 radical (unpaired) electrons. The molecule has 7 heteroatoms. The zero-order valence-corrected chi connectivity index (χ0v) is 16.5. The van der Waals surface area contributed by atoms with Crippen LogP contribution in [0, 0.1) is 6.92 Å². The van der Waals surface area contributed by atoms with Crippen molar-refractivity contribution in [3.05, 3.63) is 60.0 Å². The van der Waals surface area contributed by atoms with E-state index in [9.17, 15) is 4.79 Å². The molecule has 1 heterocycles. The van der Waals surface area contributed by atoms with Crippen LogP contribution >= 0.6 is 0 Å². The van der Waals surface area contributed by atoms with Gasteiger partial charge in [0, 0.05) is 17.3 Å². The number of hydrogen-bond acceptors (Lipinski definition) is 5. The van der Waals surface area contributed by atoms with Gasteiger partial charge in [-0.05, 0) is 57.2 Å². The molecule has 0 aliphatic heterocycles. The normalized spacial score (nSPS) is 10.8. The van der Waals surface area contributed by atoms with Gasteiger partial charge in [0.25, 0.3) is 0 Å². The Kier molecular flexibility index (Phi) is 5.93. The minimum atomic E-state index is -0.219. The number of rotatable bonds is 6. The first-order valence-electron chi connectivity index (χ1n) is 9.07. The van der Waals surface area contributed by atoms with E-state index in [-0.39, 0.29) is 18.6 Å². The summed E-state index contributed by atoms with van der Waals surface area (Å²) in [4.78, 5) is 18.8. The molecule has 28 heavy (non-hydrogen) atoms. The number of nitrogens with zero attached hydrogens (tertiary/aromatic N) is 3. The topological polar surface area (TPSA) is 80.5 Å². The van der Waals surface area contributed by atoms with Gasteiger partial charge in [-0.15, -0.1) is 0 Å². The first-order valence-corrected chi connectivity index (χ1v) is 9.07. The molecule has 0 spiro atoms. The number of aromatic nitrogens is 2. The van der Waals surface area contributed by atoms with Gasteiger partial charge in [0.05, 0.1) is 7.11 Å². The predicted octanol–water partition coefficient (Wildman–Crippen LogP) is 4.50. The summed E-state index contributed by atoms with van der Waals surface area (Å²) in [6.07, 6.45) is 0. The number of carbonyl (C=O) groups is 1.